The van der Waals surface area contributed by atoms with Crippen molar-refractivity contribution >= 4 is 5.97 Å². The Morgan fingerprint density at radius 2 is 1.04 bits per heavy atom. The van der Waals surface area contributed by atoms with Crippen LogP contribution < -0.4 is 40.0 Å². The Labute approximate surface area is 192 Å². The number of carbonyl (C=O) groups excluding carboxylic acids is 1. The summed E-state index contributed by atoms with van der Waals surface area (Å²) in [4.78, 5) is 10.9. The third-order valence-corrected chi connectivity index (χ3v) is 5.28. The zero-order valence-corrected chi connectivity index (χ0v) is 20.8. The molecule has 1 N–H and O–H groups in total. The summed E-state index contributed by atoms with van der Waals surface area (Å²) in [5, 5.41) is 14.0. The number of aliphatic carboxylic acids is 1. The van der Waals surface area contributed by atoms with E-state index in [4.69, 9.17) is 0 Å². The minimum absolute atomic E-state index is 0. The average molecular weight is 392 g/mol. The van der Waals surface area contributed by atoms with E-state index in [9.17, 15) is 9.90 Å². The fraction of sp³-hybridized carbons (Fsp3) is 0.957. The Morgan fingerprint density at radius 3 is 1.37 bits per heavy atom. The van der Waals surface area contributed by atoms with Gasteiger partial charge in [0.1, 0.15) is 0 Å². The van der Waals surface area contributed by atoms with Crippen molar-refractivity contribution in [3.05, 3.63) is 0 Å². The van der Waals surface area contributed by atoms with Gasteiger partial charge in [-0.3, -0.25) is 0 Å². The number of carboxylic acid groups (broad SMARTS) is 1. The molecule has 0 spiro atoms. The van der Waals surface area contributed by atoms with Gasteiger partial charge in [0.25, 0.3) is 0 Å². The van der Waals surface area contributed by atoms with Crippen molar-refractivity contribution in [2.24, 2.45) is 0 Å². The van der Waals surface area contributed by atoms with Crippen LogP contribution in [0, 0.1) is 0 Å². The Kier molecular flexibility index (Phi) is 26.9. The molecule has 1 atom stereocenters. The molecule has 0 heterocycles. The van der Waals surface area contributed by atoms with E-state index in [-0.39, 0.29) is 29.6 Å². The number of rotatable bonds is 21. The molecule has 0 bridgehead atoms. The van der Waals surface area contributed by atoms with Crippen molar-refractivity contribution < 1.29 is 39.5 Å². The molecule has 0 aliphatic heterocycles. The van der Waals surface area contributed by atoms with Crippen LogP contribution >= 0.6 is 0 Å². The van der Waals surface area contributed by atoms with Crippen LogP contribution in [0.5, 0.6) is 0 Å². The van der Waals surface area contributed by atoms with E-state index < -0.39 is 12.0 Å². The minimum atomic E-state index is -0.955. The maximum Gasteiger partial charge on any atom is 1.00 e. The molecule has 0 fully saturated rings. The van der Waals surface area contributed by atoms with Crippen LogP contribution in [-0.4, -0.2) is 18.6 Å². The molecule has 0 radical (unpaired) electrons. The van der Waals surface area contributed by atoms with E-state index in [0.29, 0.717) is 6.42 Å². The van der Waals surface area contributed by atoms with E-state index in [1.807, 2.05) is 6.92 Å². The third-order valence-electron chi connectivity index (χ3n) is 5.28. The smallest absolute Gasteiger partial charge is 0.548 e. The van der Waals surface area contributed by atoms with E-state index >= 15 is 0 Å². The van der Waals surface area contributed by atoms with Gasteiger partial charge >= 0.3 is 29.6 Å². The number of hydrogen-bond acceptors (Lipinski definition) is 3. The first-order valence-electron chi connectivity index (χ1n) is 11.7. The topological polar surface area (TPSA) is 52.2 Å². The normalized spacial score (nSPS) is 11.9. The Morgan fingerprint density at radius 1 is 0.667 bits per heavy atom. The van der Waals surface area contributed by atoms with Crippen molar-refractivity contribution in [2.75, 3.05) is 6.54 Å². The van der Waals surface area contributed by atoms with Gasteiger partial charge in [-0.2, -0.15) is 0 Å². The first kappa shape index (κ1) is 29.6. The SMILES string of the molecule is CCCCCCCCCCCCCCCCCCNC(CCC)C(=O)[O-].[Na+]. The summed E-state index contributed by atoms with van der Waals surface area (Å²) in [7, 11) is 0. The molecule has 27 heavy (non-hydrogen) atoms. The first-order chi connectivity index (χ1) is 12.7. The fourth-order valence-corrected chi connectivity index (χ4v) is 3.54. The Bertz CT molecular complexity index is 300. The standard InChI is InChI=1S/C23H47NO2.Na/c1-3-5-6-7-8-9-10-11-12-13-14-15-16-17-18-19-21-24-22(20-4-2)23(25)26;/h22,24H,3-21H2,1-2H3,(H,25,26);/q;+1/p-1. The van der Waals surface area contributed by atoms with Crippen LogP contribution in [0.1, 0.15) is 129 Å². The van der Waals surface area contributed by atoms with Crippen molar-refractivity contribution in [1.82, 2.24) is 5.32 Å². The largest absolute Gasteiger partial charge is 1.00 e. The third kappa shape index (κ3) is 22.6. The van der Waals surface area contributed by atoms with Crippen LogP contribution in [0.25, 0.3) is 0 Å². The summed E-state index contributed by atoms with van der Waals surface area (Å²) in [5.41, 5.74) is 0. The molecular weight excluding hydrogens is 345 g/mol. The van der Waals surface area contributed by atoms with Crippen LogP contribution in [0.3, 0.4) is 0 Å². The molecule has 4 heteroatoms. The van der Waals surface area contributed by atoms with Gasteiger partial charge in [0.05, 0.1) is 5.97 Å². The van der Waals surface area contributed by atoms with Crippen LogP contribution in [-0.2, 0) is 4.79 Å². The zero-order chi connectivity index (χ0) is 19.3. The van der Waals surface area contributed by atoms with E-state index in [0.717, 1.165) is 19.4 Å². The maximum atomic E-state index is 10.9. The molecule has 156 valence electrons. The van der Waals surface area contributed by atoms with Crippen LogP contribution in [0.4, 0.5) is 0 Å². The van der Waals surface area contributed by atoms with Crippen LogP contribution in [0.2, 0.25) is 0 Å². The van der Waals surface area contributed by atoms with Crippen molar-refractivity contribution in [1.29, 1.82) is 0 Å². The summed E-state index contributed by atoms with van der Waals surface area (Å²) in [5.74, 6) is -0.955. The molecule has 3 nitrogen and oxygen atoms in total. The Hall–Kier alpha value is 0.430. The number of carboxylic acids is 1. The molecule has 0 aromatic rings. The second-order valence-electron chi connectivity index (χ2n) is 7.92. The zero-order valence-electron chi connectivity index (χ0n) is 18.8. The monoisotopic (exact) mass is 391 g/mol. The number of hydrogen-bond donors (Lipinski definition) is 1. The molecule has 0 amide bonds. The first-order valence-corrected chi connectivity index (χ1v) is 11.7. The van der Waals surface area contributed by atoms with E-state index in [1.165, 1.54) is 96.3 Å². The molecule has 0 saturated heterocycles. The summed E-state index contributed by atoms with van der Waals surface area (Å²) >= 11 is 0. The molecule has 0 aliphatic carbocycles. The summed E-state index contributed by atoms with van der Waals surface area (Å²) in [6.07, 6.45) is 23.4. The number of nitrogens with one attached hydrogen (secondary N) is 1. The molecule has 0 aromatic carbocycles. The van der Waals surface area contributed by atoms with Gasteiger partial charge < -0.3 is 15.2 Å². The predicted octanol–water partition coefficient (Wildman–Crippen LogP) is 2.76. The second kappa shape index (κ2) is 24.5. The molecule has 0 aromatic heterocycles. The number of carbonyl (C=O) groups is 1. The predicted molar refractivity (Wildman–Crippen MR) is 111 cm³/mol. The Balaban J connectivity index is 0. The van der Waals surface area contributed by atoms with Gasteiger partial charge in [-0.25, -0.2) is 0 Å². The summed E-state index contributed by atoms with van der Waals surface area (Å²) in [6.45, 7) is 5.09. The minimum Gasteiger partial charge on any atom is -0.548 e. The maximum absolute atomic E-state index is 10.9. The van der Waals surface area contributed by atoms with Gasteiger partial charge in [-0.05, 0) is 19.4 Å². The quantitative estimate of drug-likeness (QED) is 0.242. The number of unbranched alkanes of at least 4 members (excludes halogenated alkanes) is 15. The van der Waals surface area contributed by atoms with E-state index in [2.05, 4.69) is 12.2 Å². The molecule has 1 unspecified atom stereocenters. The average Bonchev–Trinajstić information content (AvgIpc) is 2.63. The van der Waals surface area contributed by atoms with Crippen molar-refractivity contribution in [3.63, 3.8) is 0 Å². The van der Waals surface area contributed by atoms with Gasteiger partial charge in [0, 0.05) is 6.04 Å². The van der Waals surface area contributed by atoms with Gasteiger partial charge in [0.2, 0.25) is 0 Å². The van der Waals surface area contributed by atoms with Gasteiger partial charge in [0.15, 0.2) is 0 Å². The van der Waals surface area contributed by atoms with Crippen molar-refractivity contribution in [3.8, 4) is 0 Å². The van der Waals surface area contributed by atoms with E-state index in [1.54, 1.807) is 0 Å². The molecule has 0 aliphatic rings. The summed E-state index contributed by atoms with van der Waals surface area (Å²) < 4.78 is 0. The van der Waals surface area contributed by atoms with Gasteiger partial charge in [-0.15, -0.1) is 0 Å². The summed E-state index contributed by atoms with van der Waals surface area (Å²) in [6, 6.07) is -0.462. The second-order valence-corrected chi connectivity index (χ2v) is 7.92. The molecule has 0 saturated carbocycles. The fourth-order valence-electron chi connectivity index (χ4n) is 3.54. The van der Waals surface area contributed by atoms with Crippen LogP contribution in [0.15, 0.2) is 0 Å². The van der Waals surface area contributed by atoms with Crippen molar-refractivity contribution in [2.45, 2.75) is 135 Å². The molecule has 0 rings (SSSR count). The van der Waals surface area contributed by atoms with Gasteiger partial charge in [-0.1, -0.05) is 117 Å². The molecular formula is C23H46NNaO2.